The van der Waals surface area contributed by atoms with Crippen LogP contribution in [-0.2, 0) is 44.7 Å². The third-order valence-corrected chi connectivity index (χ3v) is 7.61. The van der Waals surface area contributed by atoms with Crippen LogP contribution >= 0.6 is 0 Å². The van der Waals surface area contributed by atoms with Crippen LogP contribution in [0.4, 0.5) is 4.79 Å². The first-order valence-corrected chi connectivity index (χ1v) is 17.3. The molecule has 1 aromatic rings. The van der Waals surface area contributed by atoms with Crippen molar-refractivity contribution in [3.05, 3.63) is 35.9 Å². The molecule has 5 atom stereocenters. The van der Waals surface area contributed by atoms with E-state index >= 15 is 0 Å². The smallest absolute Gasteiger partial charge is 0.408 e. The van der Waals surface area contributed by atoms with Crippen LogP contribution in [-0.4, -0.2) is 84.5 Å². The second-order valence-corrected chi connectivity index (χ2v) is 14.6. The SMILES string of the molecule is COC(=O)[C@H](CCC(N)=O)NC(=O)[C@@H](NC(=O)[C@H](Cc1ccccc1)NC(=O)[C@H](CC(C)C)NC(=O)[C@@H](NC(=O)OC(C)(C)C)C(C)C)C(C)C. The Morgan fingerprint density at radius 2 is 1.18 bits per heavy atom. The molecule has 6 amide bonds. The molecule has 15 nitrogen and oxygen atoms in total. The van der Waals surface area contributed by atoms with Crippen molar-refractivity contribution < 1.29 is 43.0 Å². The van der Waals surface area contributed by atoms with Crippen LogP contribution in [0.2, 0.25) is 0 Å². The highest BCUT2D eigenvalue weighted by molar-refractivity contribution is 5.96. The largest absolute Gasteiger partial charge is 0.467 e. The number of nitrogens with two attached hydrogens (primary N) is 1. The van der Waals surface area contributed by atoms with Crippen molar-refractivity contribution in [2.24, 2.45) is 23.5 Å². The van der Waals surface area contributed by atoms with E-state index in [2.05, 4.69) is 26.6 Å². The fourth-order valence-electron chi connectivity index (χ4n) is 4.99. The van der Waals surface area contributed by atoms with E-state index in [1.54, 1.807) is 78.8 Å². The summed E-state index contributed by atoms with van der Waals surface area (Å²) >= 11 is 0. The van der Waals surface area contributed by atoms with Crippen LogP contribution in [0.15, 0.2) is 30.3 Å². The molecule has 0 heterocycles. The summed E-state index contributed by atoms with van der Waals surface area (Å²) in [5, 5.41) is 13.3. The highest BCUT2D eigenvalue weighted by Gasteiger charge is 2.35. The zero-order valence-corrected chi connectivity index (χ0v) is 31.6. The average molecular weight is 719 g/mol. The molecule has 0 saturated heterocycles. The van der Waals surface area contributed by atoms with Crippen molar-refractivity contribution in [1.82, 2.24) is 26.6 Å². The lowest BCUT2D eigenvalue weighted by Crippen LogP contribution is -2.60. The molecule has 286 valence electrons. The number of amides is 6. The van der Waals surface area contributed by atoms with Gasteiger partial charge in [0.05, 0.1) is 7.11 Å². The number of ether oxygens (including phenoxy) is 2. The minimum Gasteiger partial charge on any atom is -0.467 e. The van der Waals surface area contributed by atoms with Crippen LogP contribution in [0.3, 0.4) is 0 Å². The zero-order valence-electron chi connectivity index (χ0n) is 31.6. The molecule has 0 aliphatic rings. The second kappa shape index (κ2) is 20.9. The number of carbonyl (C=O) groups is 7. The van der Waals surface area contributed by atoms with Gasteiger partial charge in [0.25, 0.3) is 0 Å². The number of nitrogens with one attached hydrogen (secondary N) is 5. The van der Waals surface area contributed by atoms with Crippen molar-refractivity contribution in [1.29, 1.82) is 0 Å². The van der Waals surface area contributed by atoms with Crippen LogP contribution in [0.1, 0.15) is 87.1 Å². The Hall–Kier alpha value is -4.69. The maximum absolute atomic E-state index is 13.9. The minimum atomic E-state index is -1.19. The van der Waals surface area contributed by atoms with E-state index in [1.807, 2.05) is 13.8 Å². The van der Waals surface area contributed by atoms with E-state index in [0.717, 1.165) is 7.11 Å². The van der Waals surface area contributed by atoms with Gasteiger partial charge in [-0.1, -0.05) is 71.9 Å². The summed E-state index contributed by atoms with van der Waals surface area (Å²) in [6, 6.07) is 3.29. The molecular formula is C36H58N6O9. The molecule has 15 heteroatoms. The third kappa shape index (κ3) is 16.7. The number of hydrogen-bond acceptors (Lipinski definition) is 9. The summed E-state index contributed by atoms with van der Waals surface area (Å²) in [6.07, 6.45) is -0.813. The number of benzene rings is 1. The molecule has 1 aromatic carbocycles. The van der Waals surface area contributed by atoms with E-state index in [1.165, 1.54) is 0 Å². The molecule has 51 heavy (non-hydrogen) atoms. The van der Waals surface area contributed by atoms with E-state index in [9.17, 15) is 33.6 Å². The van der Waals surface area contributed by atoms with Gasteiger partial charge in [0, 0.05) is 12.8 Å². The van der Waals surface area contributed by atoms with Crippen molar-refractivity contribution in [3.63, 3.8) is 0 Å². The monoisotopic (exact) mass is 718 g/mol. The maximum atomic E-state index is 13.9. The highest BCUT2D eigenvalue weighted by atomic mass is 16.6. The van der Waals surface area contributed by atoms with E-state index < -0.39 is 83.3 Å². The Morgan fingerprint density at radius 1 is 0.686 bits per heavy atom. The first-order chi connectivity index (χ1) is 23.6. The lowest BCUT2D eigenvalue weighted by molar-refractivity contribution is -0.146. The molecule has 0 radical (unpaired) electrons. The number of methoxy groups -OCH3 is 1. The molecule has 0 bridgehead atoms. The maximum Gasteiger partial charge on any atom is 0.408 e. The number of hydrogen-bond donors (Lipinski definition) is 6. The van der Waals surface area contributed by atoms with Crippen molar-refractivity contribution in [3.8, 4) is 0 Å². The first kappa shape index (κ1) is 44.3. The minimum absolute atomic E-state index is 0.0470. The number of rotatable bonds is 19. The van der Waals surface area contributed by atoms with Gasteiger partial charge in [-0.2, -0.15) is 0 Å². The molecule has 0 fully saturated rings. The number of carbonyl (C=O) groups excluding carboxylic acids is 7. The van der Waals surface area contributed by atoms with Crippen molar-refractivity contribution in [2.45, 2.75) is 124 Å². The van der Waals surface area contributed by atoms with Crippen LogP contribution in [0.5, 0.6) is 0 Å². The third-order valence-electron chi connectivity index (χ3n) is 7.61. The predicted molar refractivity (Wildman–Crippen MR) is 191 cm³/mol. The summed E-state index contributed by atoms with van der Waals surface area (Å²) in [7, 11) is 1.14. The van der Waals surface area contributed by atoms with E-state index in [0.29, 0.717) is 5.56 Å². The fourth-order valence-corrected chi connectivity index (χ4v) is 4.99. The summed E-state index contributed by atoms with van der Waals surface area (Å²) in [6.45, 7) is 15.7. The van der Waals surface area contributed by atoms with Gasteiger partial charge in [0.15, 0.2) is 0 Å². The van der Waals surface area contributed by atoms with Gasteiger partial charge in [-0.15, -0.1) is 0 Å². The topological polar surface area (TPSA) is 224 Å². The van der Waals surface area contributed by atoms with Crippen molar-refractivity contribution in [2.75, 3.05) is 7.11 Å². The Kier molecular flexibility index (Phi) is 18.1. The van der Waals surface area contributed by atoms with Crippen LogP contribution < -0.4 is 32.3 Å². The normalized spacial score (nSPS) is 14.4. The average Bonchev–Trinajstić information content (AvgIpc) is 3.02. The van der Waals surface area contributed by atoms with Crippen LogP contribution in [0, 0.1) is 17.8 Å². The molecule has 0 aliphatic carbocycles. The first-order valence-electron chi connectivity index (χ1n) is 17.3. The Morgan fingerprint density at radius 3 is 1.65 bits per heavy atom. The Bertz CT molecular complexity index is 1340. The van der Waals surface area contributed by atoms with E-state index in [4.69, 9.17) is 15.2 Å². The highest BCUT2D eigenvalue weighted by Crippen LogP contribution is 2.13. The fraction of sp³-hybridized carbons (Fsp3) is 0.639. The summed E-state index contributed by atoms with van der Waals surface area (Å²) < 4.78 is 10.1. The lowest BCUT2D eigenvalue weighted by Gasteiger charge is -2.29. The Balaban J connectivity index is 3.33. The van der Waals surface area contributed by atoms with Crippen molar-refractivity contribution >= 4 is 41.6 Å². The van der Waals surface area contributed by atoms with Gasteiger partial charge in [-0.05, 0) is 56.9 Å². The molecule has 0 aromatic heterocycles. The number of primary amides is 1. The lowest BCUT2D eigenvalue weighted by atomic mass is 9.98. The quantitative estimate of drug-likeness (QED) is 0.115. The number of esters is 1. The molecule has 0 aliphatic heterocycles. The summed E-state index contributed by atoms with van der Waals surface area (Å²) in [5.41, 5.74) is 5.15. The van der Waals surface area contributed by atoms with Gasteiger partial charge in [-0.3, -0.25) is 24.0 Å². The Labute approximate surface area is 301 Å². The van der Waals surface area contributed by atoms with Gasteiger partial charge in [-0.25, -0.2) is 9.59 Å². The van der Waals surface area contributed by atoms with Gasteiger partial charge >= 0.3 is 12.1 Å². The standard InChI is InChI=1S/C36H58N6O9/c1-20(2)18-25(40-33(47)29(22(5)6)42-35(49)51-36(7,8)9)30(44)39-26(19-23-14-12-11-13-15-23)31(45)41-28(21(3)4)32(46)38-24(34(48)50-10)16-17-27(37)43/h11-15,20-22,24-26,28-29H,16-19H2,1-10H3,(H2,37,43)(H,38,46)(H,39,44)(H,40,47)(H,41,45)(H,42,49)/t24-,25-,26-,28-,29-/m0/s1. The number of alkyl carbamates (subject to hydrolysis) is 1. The predicted octanol–water partition coefficient (Wildman–Crippen LogP) is 1.86. The summed E-state index contributed by atoms with van der Waals surface area (Å²) in [4.78, 5) is 90.8. The zero-order chi connectivity index (χ0) is 39.1. The molecule has 0 saturated carbocycles. The molecule has 7 N–H and O–H groups in total. The molecular weight excluding hydrogens is 660 g/mol. The molecule has 0 spiro atoms. The van der Waals surface area contributed by atoms with Gasteiger partial charge in [0.2, 0.25) is 29.5 Å². The van der Waals surface area contributed by atoms with Gasteiger partial charge < -0.3 is 41.8 Å². The molecule has 0 unspecified atom stereocenters. The second-order valence-electron chi connectivity index (χ2n) is 14.6. The molecule has 1 rings (SSSR count). The van der Waals surface area contributed by atoms with E-state index in [-0.39, 0.29) is 37.5 Å². The van der Waals surface area contributed by atoms with Crippen LogP contribution in [0.25, 0.3) is 0 Å². The summed E-state index contributed by atoms with van der Waals surface area (Å²) in [5.74, 6) is -4.96. The van der Waals surface area contributed by atoms with Gasteiger partial charge in [0.1, 0.15) is 35.8 Å².